The summed E-state index contributed by atoms with van der Waals surface area (Å²) in [6, 6.07) is 14.0. The summed E-state index contributed by atoms with van der Waals surface area (Å²) in [5.74, 6) is -1.93. The maximum absolute atomic E-state index is 15.7. The van der Waals surface area contributed by atoms with E-state index in [1.807, 2.05) is 0 Å². The van der Waals surface area contributed by atoms with Crippen LogP contribution in [0.2, 0.25) is 0 Å². The summed E-state index contributed by atoms with van der Waals surface area (Å²) in [6.45, 7) is 2.39. The van der Waals surface area contributed by atoms with E-state index in [1.54, 1.807) is 37.5 Å². The van der Waals surface area contributed by atoms with Crippen LogP contribution in [0.25, 0.3) is 33.2 Å². The standard InChI is InChI=1S/C34H30F2N6O5S/c1-19(43)33-27-13-21(23-15-37-20(2)38-16-23)10-11-29(27)42(40-33)18-31(44)41-17-24(35)14-30(41)34(45)39-28-9-5-8-26(32(28)36)22-6-4-7-25(12-22)48(3,46)47/h4-13,15-16,24,30H,14,17-18H2,1-3H3,(H,39,45). The van der Waals surface area contributed by atoms with E-state index in [-0.39, 0.29) is 52.7 Å². The van der Waals surface area contributed by atoms with Crippen LogP contribution in [0.15, 0.2) is 78.0 Å². The van der Waals surface area contributed by atoms with E-state index in [0.29, 0.717) is 16.7 Å². The molecule has 2 aromatic heterocycles. The first-order chi connectivity index (χ1) is 22.8. The number of anilines is 1. The molecular formula is C34H30F2N6O5S. The first-order valence-corrected chi connectivity index (χ1v) is 16.8. The van der Waals surface area contributed by atoms with Gasteiger partial charge in [-0.25, -0.2) is 27.2 Å². The van der Waals surface area contributed by atoms with Gasteiger partial charge in [0.1, 0.15) is 30.3 Å². The molecule has 14 heteroatoms. The van der Waals surface area contributed by atoms with Crippen LogP contribution in [0.5, 0.6) is 0 Å². The molecule has 0 spiro atoms. The zero-order valence-electron chi connectivity index (χ0n) is 26.1. The highest BCUT2D eigenvalue weighted by Gasteiger charge is 2.40. The highest BCUT2D eigenvalue weighted by molar-refractivity contribution is 7.90. The summed E-state index contributed by atoms with van der Waals surface area (Å²) in [7, 11) is -3.55. The van der Waals surface area contributed by atoms with Crippen LogP contribution < -0.4 is 5.32 Å². The highest BCUT2D eigenvalue weighted by Crippen LogP contribution is 2.31. The Morgan fingerprint density at radius 2 is 1.71 bits per heavy atom. The van der Waals surface area contributed by atoms with Gasteiger partial charge in [0.2, 0.25) is 11.8 Å². The number of carbonyl (C=O) groups excluding carboxylic acids is 3. The number of hydrogen-bond acceptors (Lipinski definition) is 8. The van der Waals surface area contributed by atoms with Crippen LogP contribution in [0, 0.1) is 12.7 Å². The van der Waals surface area contributed by atoms with E-state index >= 15 is 4.39 Å². The molecular weight excluding hydrogens is 642 g/mol. The van der Waals surface area contributed by atoms with Crippen molar-refractivity contribution in [3.63, 3.8) is 0 Å². The van der Waals surface area contributed by atoms with Crippen molar-refractivity contribution in [3.05, 3.63) is 90.4 Å². The quantitative estimate of drug-likeness (QED) is 0.232. The van der Waals surface area contributed by atoms with E-state index < -0.39 is 39.7 Å². The molecule has 1 saturated heterocycles. The normalized spacial score (nSPS) is 16.3. The summed E-state index contributed by atoms with van der Waals surface area (Å²) in [5.41, 5.74) is 2.22. The number of hydrogen-bond donors (Lipinski definition) is 1. The van der Waals surface area contributed by atoms with Crippen LogP contribution in [0.4, 0.5) is 14.5 Å². The van der Waals surface area contributed by atoms with Crippen molar-refractivity contribution < 1.29 is 31.6 Å². The Morgan fingerprint density at radius 3 is 2.42 bits per heavy atom. The molecule has 0 aliphatic carbocycles. The van der Waals surface area contributed by atoms with Gasteiger partial charge in [0, 0.05) is 48.5 Å². The summed E-state index contributed by atoms with van der Waals surface area (Å²) in [6.07, 6.45) is 2.57. The number of rotatable bonds is 8. The molecule has 246 valence electrons. The van der Waals surface area contributed by atoms with Gasteiger partial charge >= 0.3 is 0 Å². The number of sulfone groups is 1. The third-order valence-corrected chi connectivity index (χ3v) is 9.30. The van der Waals surface area contributed by atoms with Gasteiger partial charge in [0.15, 0.2) is 21.4 Å². The van der Waals surface area contributed by atoms with Crippen molar-refractivity contribution in [3.8, 4) is 22.3 Å². The first kappa shape index (κ1) is 32.6. The summed E-state index contributed by atoms with van der Waals surface area (Å²) in [4.78, 5) is 49.0. The topological polar surface area (TPSA) is 144 Å². The number of likely N-dealkylation sites (tertiary alicyclic amines) is 1. The van der Waals surface area contributed by atoms with Crippen LogP contribution in [0.1, 0.15) is 29.7 Å². The van der Waals surface area contributed by atoms with Crippen molar-refractivity contribution >= 4 is 44.0 Å². The molecule has 1 aliphatic heterocycles. The van der Waals surface area contributed by atoms with Crippen LogP contribution in [-0.2, 0) is 26.0 Å². The molecule has 2 unspecified atom stereocenters. The van der Waals surface area contributed by atoms with Crippen molar-refractivity contribution in [1.82, 2.24) is 24.6 Å². The minimum atomic E-state index is -3.55. The minimum absolute atomic E-state index is 0.00428. The van der Waals surface area contributed by atoms with Crippen LogP contribution in [0.3, 0.4) is 0 Å². The molecule has 0 bridgehead atoms. The number of Topliss-reactive ketones (excluding diaryl/α,β-unsaturated/α-hetero) is 1. The van der Waals surface area contributed by atoms with Crippen LogP contribution in [-0.4, -0.2) is 75.7 Å². The lowest BCUT2D eigenvalue weighted by atomic mass is 10.0. The zero-order chi connectivity index (χ0) is 34.3. The molecule has 1 aliphatic rings. The van der Waals surface area contributed by atoms with Gasteiger partial charge in [-0.05, 0) is 48.4 Å². The number of carbonyl (C=O) groups is 3. The third-order valence-electron chi connectivity index (χ3n) is 8.19. The number of aryl methyl sites for hydroxylation is 1. The number of aromatic nitrogens is 4. The number of nitrogens with one attached hydrogen (secondary N) is 1. The maximum atomic E-state index is 15.7. The Hall–Kier alpha value is -5.37. The molecule has 3 aromatic carbocycles. The van der Waals surface area contributed by atoms with E-state index in [1.165, 1.54) is 54.1 Å². The Labute approximate surface area is 274 Å². The second-order valence-corrected chi connectivity index (χ2v) is 13.7. The Kier molecular flexibility index (Phi) is 8.60. The fourth-order valence-corrected chi connectivity index (χ4v) is 6.44. The van der Waals surface area contributed by atoms with Gasteiger partial charge in [-0.1, -0.05) is 30.3 Å². The van der Waals surface area contributed by atoms with Crippen LogP contribution >= 0.6 is 0 Å². The predicted molar refractivity (Wildman–Crippen MR) is 174 cm³/mol. The van der Waals surface area contributed by atoms with Crippen molar-refractivity contribution in [1.29, 1.82) is 0 Å². The second-order valence-electron chi connectivity index (χ2n) is 11.7. The van der Waals surface area contributed by atoms with Gasteiger partial charge in [-0.2, -0.15) is 5.10 Å². The summed E-state index contributed by atoms with van der Waals surface area (Å²) in [5, 5.41) is 7.37. The molecule has 6 rings (SSSR count). The molecule has 2 atom stereocenters. The lowest BCUT2D eigenvalue weighted by Crippen LogP contribution is -2.44. The van der Waals surface area contributed by atoms with Gasteiger partial charge in [0.25, 0.3) is 0 Å². The molecule has 48 heavy (non-hydrogen) atoms. The van der Waals surface area contributed by atoms with Gasteiger partial charge in [0.05, 0.1) is 22.6 Å². The average molecular weight is 673 g/mol. The summed E-state index contributed by atoms with van der Waals surface area (Å²) < 4.78 is 55.8. The first-order valence-electron chi connectivity index (χ1n) is 14.9. The molecule has 2 amide bonds. The number of ketones is 1. The monoisotopic (exact) mass is 672 g/mol. The minimum Gasteiger partial charge on any atom is -0.326 e. The zero-order valence-corrected chi connectivity index (χ0v) is 27.0. The number of alkyl halides is 1. The van der Waals surface area contributed by atoms with E-state index in [0.717, 1.165) is 22.3 Å². The number of benzene rings is 3. The molecule has 11 nitrogen and oxygen atoms in total. The van der Waals surface area contributed by atoms with Crippen molar-refractivity contribution in [2.45, 2.75) is 43.9 Å². The SMILES string of the molecule is CC(=O)c1nn(CC(=O)N2CC(F)CC2C(=O)Nc2cccc(-c3cccc(S(C)(=O)=O)c3)c2F)c2ccc(-c3cnc(C)nc3)cc12. The maximum Gasteiger partial charge on any atom is 0.247 e. The lowest BCUT2D eigenvalue weighted by Gasteiger charge is -2.24. The molecule has 1 N–H and O–H groups in total. The van der Waals surface area contributed by atoms with Crippen molar-refractivity contribution in [2.75, 3.05) is 18.1 Å². The van der Waals surface area contributed by atoms with Gasteiger partial charge < -0.3 is 10.2 Å². The number of fused-ring (bicyclic) bond motifs is 1. The third kappa shape index (κ3) is 6.43. The average Bonchev–Trinajstić information content (AvgIpc) is 3.62. The second kappa shape index (κ2) is 12.7. The van der Waals surface area contributed by atoms with E-state index in [4.69, 9.17) is 0 Å². The summed E-state index contributed by atoms with van der Waals surface area (Å²) >= 11 is 0. The molecule has 1 fully saturated rings. The number of amides is 2. The fraction of sp³-hybridized carbons (Fsp3) is 0.235. The molecule has 3 heterocycles. The smallest absolute Gasteiger partial charge is 0.247 e. The lowest BCUT2D eigenvalue weighted by molar-refractivity contribution is -0.137. The molecule has 0 saturated carbocycles. The number of halogens is 2. The largest absolute Gasteiger partial charge is 0.326 e. The Bertz CT molecular complexity index is 2200. The Balaban J connectivity index is 1.24. The fourth-order valence-electron chi connectivity index (χ4n) is 5.77. The van der Waals surface area contributed by atoms with E-state index in [9.17, 15) is 27.2 Å². The molecule has 5 aromatic rings. The highest BCUT2D eigenvalue weighted by atomic mass is 32.2. The van der Waals surface area contributed by atoms with Crippen molar-refractivity contribution in [2.24, 2.45) is 0 Å². The van der Waals surface area contributed by atoms with Gasteiger partial charge in [-0.3, -0.25) is 19.1 Å². The van der Waals surface area contributed by atoms with E-state index in [2.05, 4.69) is 20.4 Å². The predicted octanol–water partition coefficient (Wildman–Crippen LogP) is 4.79. The Morgan fingerprint density at radius 1 is 0.979 bits per heavy atom. The number of nitrogens with zero attached hydrogens (tertiary/aromatic N) is 5. The molecule has 0 radical (unpaired) electrons. The van der Waals surface area contributed by atoms with Gasteiger partial charge in [-0.15, -0.1) is 0 Å².